The molecule has 46 heavy (non-hydrogen) atoms. The molecule has 8 nitrogen and oxygen atoms in total. The molecule has 11 heteroatoms. The maximum absolute atomic E-state index is 15.2. The Labute approximate surface area is 293 Å². The first kappa shape index (κ1) is 48.2. The zero-order valence-corrected chi connectivity index (χ0v) is 33.1. The van der Waals surface area contributed by atoms with Crippen molar-refractivity contribution in [3.63, 3.8) is 0 Å². The van der Waals surface area contributed by atoms with Crippen molar-refractivity contribution < 1.29 is 14.0 Å². The van der Waals surface area contributed by atoms with Crippen LogP contribution >= 0.6 is 27.5 Å². The zero-order valence-electron chi connectivity index (χ0n) is 30.8. The second-order valence-electron chi connectivity index (χ2n) is 8.59. The van der Waals surface area contributed by atoms with Gasteiger partial charge >= 0.3 is 0 Å². The van der Waals surface area contributed by atoms with E-state index in [1.54, 1.807) is 35.9 Å². The number of anilines is 2. The van der Waals surface area contributed by atoms with Crippen LogP contribution < -0.4 is 16.5 Å². The van der Waals surface area contributed by atoms with Crippen molar-refractivity contribution in [2.24, 2.45) is 18.7 Å². The number of hydrogen-bond acceptors (Lipinski definition) is 6. The molecule has 1 aromatic heterocycles. The lowest BCUT2D eigenvalue weighted by atomic mass is 10.1. The molecule has 0 unspecified atom stereocenters. The van der Waals surface area contributed by atoms with Gasteiger partial charge in [0.25, 0.3) is 5.91 Å². The molecule has 1 aliphatic rings. The summed E-state index contributed by atoms with van der Waals surface area (Å²) in [6.45, 7) is 28.8. The third-order valence-corrected chi connectivity index (χ3v) is 6.72. The summed E-state index contributed by atoms with van der Waals surface area (Å²) in [6, 6.07) is 6.72. The Hall–Kier alpha value is -2.24. The number of carbonyl (C=O) groups is 1. The van der Waals surface area contributed by atoms with Crippen LogP contribution in [-0.4, -0.2) is 53.1 Å². The molecule has 3 aromatic rings. The molecular formula is C35H63BrClFN6O2. The van der Waals surface area contributed by atoms with Crippen molar-refractivity contribution in [1.29, 1.82) is 0 Å². The predicted molar refractivity (Wildman–Crippen MR) is 203 cm³/mol. The number of nitrogens with two attached hydrogens (primary N) is 1. The quantitative estimate of drug-likeness (QED) is 0.180. The fraction of sp³-hybridized carbons (Fsp3) is 0.600. The third-order valence-electron chi connectivity index (χ3n) is 5.92. The minimum Gasteiger partial charge on any atom is -0.351 e. The molecule has 1 heterocycles. The maximum Gasteiger partial charge on any atom is 0.277 e. The number of aryl methyl sites for hydroxylation is 1. The van der Waals surface area contributed by atoms with Crippen LogP contribution in [-0.2, 0) is 11.9 Å². The standard InChI is InChI=1S/C19H17BrClFN4O2.C6H16N2.5C2H6/c1-26-9-23-18-15(26)7-12(19(27)25-28-8-10-2-3-10)17(16(18)22)24-14-5-4-11(20)6-13(14)21;1-3-8(4-2)6-5-7;5*1-2/h4-7,9-10,24H,2-3,8H2,1H3,(H,25,27);3-7H2,1-2H3;5*1-2H3. The predicted octanol–water partition coefficient (Wildman–Crippen LogP) is 10.4. The summed E-state index contributed by atoms with van der Waals surface area (Å²) in [5.74, 6) is -0.696. The van der Waals surface area contributed by atoms with Gasteiger partial charge in [0.05, 0.1) is 40.4 Å². The fourth-order valence-electron chi connectivity index (χ4n) is 3.54. The highest BCUT2D eigenvalue weighted by molar-refractivity contribution is 9.10. The molecule has 1 aliphatic carbocycles. The van der Waals surface area contributed by atoms with Crippen LogP contribution in [0.2, 0.25) is 5.02 Å². The van der Waals surface area contributed by atoms with Gasteiger partial charge in [-0.3, -0.25) is 9.63 Å². The first-order valence-electron chi connectivity index (χ1n) is 17.0. The molecular weight excluding hydrogens is 671 g/mol. The average molecular weight is 734 g/mol. The molecule has 0 bridgehead atoms. The van der Waals surface area contributed by atoms with E-state index in [2.05, 4.69) is 50.5 Å². The van der Waals surface area contributed by atoms with E-state index in [9.17, 15) is 4.79 Å². The monoisotopic (exact) mass is 732 g/mol. The lowest BCUT2D eigenvalue weighted by molar-refractivity contribution is 0.0271. The number of amides is 1. The van der Waals surface area contributed by atoms with Crippen molar-refractivity contribution in [1.82, 2.24) is 19.9 Å². The molecule has 0 aliphatic heterocycles. The van der Waals surface area contributed by atoms with Crippen LogP contribution in [0.1, 0.15) is 106 Å². The van der Waals surface area contributed by atoms with Crippen molar-refractivity contribution in [3.05, 3.63) is 51.5 Å². The first-order chi connectivity index (χ1) is 22.3. The van der Waals surface area contributed by atoms with E-state index in [1.165, 1.54) is 6.33 Å². The summed E-state index contributed by atoms with van der Waals surface area (Å²) < 4.78 is 17.7. The number of halogens is 3. The van der Waals surface area contributed by atoms with E-state index < -0.39 is 11.7 Å². The largest absolute Gasteiger partial charge is 0.351 e. The number of hydrogen-bond donors (Lipinski definition) is 3. The van der Waals surface area contributed by atoms with E-state index in [0.29, 0.717) is 28.8 Å². The van der Waals surface area contributed by atoms with Crippen LogP contribution in [0.15, 0.2) is 35.1 Å². The van der Waals surface area contributed by atoms with Gasteiger partial charge in [0.2, 0.25) is 0 Å². The lowest BCUT2D eigenvalue weighted by Crippen LogP contribution is -2.28. The van der Waals surface area contributed by atoms with Gasteiger partial charge in [-0.25, -0.2) is 14.9 Å². The van der Waals surface area contributed by atoms with Gasteiger partial charge in [0.15, 0.2) is 5.82 Å². The van der Waals surface area contributed by atoms with Gasteiger partial charge in [-0.15, -0.1) is 0 Å². The summed E-state index contributed by atoms with van der Waals surface area (Å²) >= 11 is 9.59. The highest BCUT2D eigenvalue weighted by Gasteiger charge is 2.24. The molecule has 266 valence electrons. The van der Waals surface area contributed by atoms with Gasteiger partial charge in [-0.2, -0.15) is 0 Å². The molecule has 1 fully saturated rings. The number of likely N-dealkylation sites (N-methyl/N-ethyl adjacent to an activating group) is 1. The number of imidazole rings is 1. The minimum atomic E-state index is -0.635. The highest BCUT2D eigenvalue weighted by atomic mass is 79.9. The van der Waals surface area contributed by atoms with Crippen molar-refractivity contribution in [2.75, 3.05) is 38.1 Å². The topological polar surface area (TPSA) is 97.4 Å². The van der Waals surface area contributed by atoms with Gasteiger partial charge in [-0.05, 0) is 56.1 Å². The van der Waals surface area contributed by atoms with Crippen LogP contribution in [0.4, 0.5) is 15.8 Å². The number of hydroxylamine groups is 1. The van der Waals surface area contributed by atoms with E-state index in [1.807, 2.05) is 69.2 Å². The van der Waals surface area contributed by atoms with Crippen molar-refractivity contribution >= 4 is 55.8 Å². The Morgan fingerprint density at radius 3 is 2.09 bits per heavy atom. The molecule has 0 radical (unpaired) electrons. The van der Waals surface area contributed by atoms with Crippen LogP contribution in [0, 0.1) is 11.7 Å². The molecule has 4 N–H and O–H groups in total. The molecule has 0 spiro atoms. The van der Waals surface area contributed by atoms with Gasteiger partial charge in [-0.1, -0.05) is 111 Å². The molecule has 1 amide bonds. The van der Waals surface area contributed by atoms with E-state index in [4.69, 9.17) is 22.2 Å². The van der Waals surface area contributed by atoms with Gasteiger partial charge in [0.1, 0.15) is 5.52 Å². The summed E-state index contributed by atoms with van der Waals surface area (Å²) in [4.78, 5) is 24.4. The minimum absolute atomic E-state index is 0.0112. The molecule has 1 saturated carbocycles. The second-order valence-corrected chi connectivity index (χ2v) is 9.91. The second kappa shape index (κ2) is 30.1. The summed E-state index contributed by atoms with van der Waals surface area (Å²) in [5.41, 5.74) is 8.96. The fourth-order valence-corrected chi connectivity index (χ4v) is 4.26. The Morgan fingerprint density at radius 2 is 1.63 bits per heavy atom. The van der Waals surface area contributed by atoms with E-state index >= 15 is 4.39 Å². The Bertz CT molecular complexity index is 1190. The van der Waals surface area contributed by atoms with Crippen LogP contribution in [0.3, 0.4) is 0 Å². The molecule has 2 aromatic carbocycles. The highest BCUT2D eigenvalue weighted by Crippen LogP contribution is 2.34. The maximum atomic E-state index is 15.2. The number of nitrogens with zero attached hydrogens (tertiary/aromatic N) is 3. The number of aromatic nitrogens is 2. The van der Waals surface area contributed by atoms with Crippen LogP contribution in [0.25, 0.3) is 11.0 Å². The Kier molecular flexibility index (Phi) is 31.5. The van der Waals surface area contributed by atoms with E-state index in [0.717, 1.165) is 43.5 Å². The van der Waals surface area contributed by atoms with Gasteiger partial charge in [0, 0.05) is 24.6 Å². The Balaban J connectivity index is -0.000000869. The third kappa shape index (κ3) is 17.1. The van der Waals surface area contributed by atoms with Gasteiger partial charge < -0.3 is 20.5 Å². The number of carbonyl (C=O) groups excluding carboxylic acids is 1. The van der Waals surface area contributed by atoms with E-state index in [-0.39, 0.29) is 16.8 Å². The molecule has 0 atom stereocenters. The zero-order chi connectivity index (χ0) is 36.2. The lowest BCUT2D eigenvalue weighted by Gasteiger charge is -2.15. The normalized spacial score (nSPS) is 10.8. The Morgan fingerprint density at radius 1 is 1.07 bits per heavy atom. The van der Waals surface area contributed by atoms with Crippen LogP contribution in [0.5, 0.6) is 0 Å². The molecule has 0 saturated heterocycles. The first-order valence-corrected chi connectivity index (χ1v) is 18.2. The van der Waals surface area contributed by atoms with Crippen molar-refractivity contribution in [3.8, 4) is 0 Å². The number of fused-ring (bicyclic) bond motifs is 1. The molecule has 4 rings (SSSR count). The SMILES string of the molecule is CC.CC.CC.CC.CC.CCN(CC)CCN.Cn1cnc2c(F)c(Nc3ccc(Br)cc3Cl)c(C(=O)NOCC3CC3)cc21. The average Bonchev–Trinajstić information content (AvgIpc) is 3.86. The number of nitrogens with one attached hydrogen (secondary N) is 2. The summed E-state index contributed by atoms with van der Waals surface area (Å²) in [6.07, 6.45) is 3.69. The number of rotatable bonds is 10. The summed E-state index contributed by atoms with van der Waals surface area (Å²) in [5, 5.41) is 3.32. The number of benzene rings is 2. The van der Waals surface area contributed by atoms with Crippen molar-refractivity contribution in [2.45, 2.75) is 95.9 Å². The smallest absolute Gasteiger partial charge is 0.277 e. The summed E-state index contributed by atoms with van der Waals surface area (Å²) in [7, 11) is 1.73.